The maximum absolute atomic E-state index is 12.8. The molecular weight excluding hydrogens is 364 g/mol. The van der Waals surface area contributed by atoms with Crippen molar-refractivity contribution in [1.29, 1.82) is 0 Å². The van der Waals surface area contributed by atoms with Crippen LogP contribution in [0.25, 0.3) is 0 Å². The van der Waals surface area contributed by atoms with Crippen molar-refractivity contribution in [2.24, 2.45) is 10.8 Å². The van der Waals surface area contributed by atoms with E-state index in [1.807, 2.05) is 18.7 Å². The number of rotatable bonds is 6. The fourth-order valence-electron chi connectivity index (χ4n) is 5.25. The van der Waals surface area contributed by atoms with Crippen LogP contribution in [0, 0.1) is 10.8 Å². The second kappa shape index (κ2) is 8.10. The molecule has 0 aromatic heterocycles. The third kappa shape index (κ3) is 4.20. The maximum atomic E-state index is 12.8. The molecule has 160 valence electrons. The van der Waals surface area contributed by atoms with E-state index in [0.717, 1.165) is 32.2 Å². The second-order valence-electron chi connectivity index (χ2n) is 9.91. The van der Waals surface area contributed by atoms with Gasteiger partial charge in [-0.25, -0.2) is 0 Å². The van der Waals surface area contributed by atoms with Gasteiger partial charge >= 0.3 is 5.97 Å². The van der Waals surface area contributed by atoms with Crippen molar-refractivity contribution in [3.05, 3.63) is 35.9 Å². The molecule has 0 radical (unpaired) electrons. The zero-order chi connectivity index (χ0) is 21.3. The summed E-state index contributed by atoms with van der Waals surface area (Å²) in [5.41, 5.74) is 0.947. The molecule has 2 fully saturated rings. The molecule has 0 N–H and O–H groups in total. The second-order valence-corrected chi connectivity index (χ2v) is 9.91. The molecule has 5 nitrogen and oxygen atoms in total. The lowest BCUT2D eigenvalue weighted by Crippen LogP contribution is -2.47. The van der Waals surface area contributed by atoms with E-state index in [4.69, 9.17) is 4.74 Å². The predicted molar refractivity (Wildman–Crippen MR) is 114 cm³/mol. The first-order chi connectivity index (χ1) is 13.6. The monoisotopic (exact) mass is 400 g/mol. The van der Waals surface area contributed by atoms with E-state index in [0.29, 0.717) is 19.4 Å². The summed E-state index contributed by atoms with van der Waals surface area (Å²) < 4.78 is 4.91. The van der Waals surface area contributed by atoms with Crippen molar-refractivity contribution >= 4 is 11.9 Å². The van der Waals surface area contributed by atoms with Crippen LogP contribution >= 0.6 is 0 Å². The van der Waals surface area contributed by atoms with Crippen molar-refractivity contribution in [2.45, 2.75) is 57.9 Å². The third-order valence-electron chi connectivity index (χ3n) is 7.45. The van der Waals surface area contributed by atoms with Crippen LogP contribution in [-0.2, 0) is 19.9 Å². The van der Waals surface area contributed by atoms with Gasteiger partial charge in [-0.3, -0.25) is 14.5 Å². The van der Waals surface area contributed by atoms with Crippen LogP contribution in [0.3, 0.4) is 0 Å². The van der Waals surface area contributed by atoms with Gasteiger partial charge in [-0.05, 0) is 71.0 Å². The molecule has 1 aliphatic heterocycles. The first-order valence-corrected chi connectivity index (χ1v) is 10.7. The van der Waals surface area contributed by atoms with Crippen LogP contribution in [0.4, 0.5) is 0 Å². The van der Waals surface area contributed by atoms with Crippen LogP contribution in [-0.4, -0.2) is 56.0 Å². The van der Waals surface area contributed by atoms with E-state index in [-0.39, 0.29) is 22.8 Å². The molecule has 1 heterocycles. The Balaban J connectivity index is 1.67. The van der Waals surface area contributed by atoms with E-state index in [9.17, 15) is 9.59 Å². The molecule has 1 amide bonds. The lowest BCUT2D eigenvalue weighted by atomic mass is 9.64. The van der Waals surface area contributed by atoms with Gasteiger partial charge in [-0.2, -0.15) is 0 Å². The molecule has 1 aromatic rings. The lowest BCUT2D eigenvalue weighted by molar-refractivity contribution is -0.151. The number of benzene rings is 1. The fourth-order valence-corrected chi connectivity index (χ4v) is 5.25. The van der Waals surface area contributed by atoms with E-state index in [1.54, 1.807) is 0 Å². The highest BCUT2D eigenvalue weighted by atomic mass is 16.5. The maximum Gasteiger partial charge on any atom is 0.311 e. The van der Waals surface area contributed by atoms with Gasteiger partial charge < -0.3 is 9.64 Å². The molecule has 3 rings (SSSR count). The van der Waals surface area contributed by atoms with Gasteiger partial charge in [-0.1, -0.05) is 30.3 Å². The summed E-state index contributed by atoms with van der Waals surface area (Å²) in [4.78, 5) is 29.1. The van der Waals surface area contributed by atoms with Crippen LogP contribution in [0.15, 0.2) is 30.3 Å². The minimum atomic E-state index is -0.565. The Bertz CT molecular complexity index is 734. The number of esters is 1. The number of ether oxygens (including phenoxy) is 1. The molecule has 0 atom stereocenters. The summed E-state index contributed by atoms with van der Waals surface area (Å²) in [7, 11) is 5.77. The number of nitrogens with zero attached hydrogens (tertiary/aromatic N) is 2. The van der Waals surface area contributed by atoms with Crippen molar-refractivity contribution in [3.8, 4) is 0 Å². The Kier molecular flexibility index (Phi) is 6.09. The molecule has 1 saturated carbocycles. The molecule has 5 heteroatoms. The van der Waals surface area contributed by atoms with Crippen molar-refractivity contribution < 1.29 is 14.3 Å². The normalized spacial score (nSPS) is 27.7. The zero-order valence-corrected chi connectivity index (χ0v) is 18.7. The zero-order valence-electron chi connectivity index (χ0n) is 18.7. The lowest BCUT2D eigenvalue weighted by Gasteiger charge is -2.49. The number of hydrogen-bond acceptors (Lipinski definition) is 4. The summed E-state index contributed by atoms with van der Waals surface area (Å²) >= 11 is 0. The first kappa shape index (κ1) is 21.8. The minimum Gasteiger partial charge on any atom is -0.469 e. The van der Waals surface area contributed by atoms with Crippen LogP contribution in [0.5, 0.6) is 0 Å². The smallest absolute Gasteiger partial charge is 0.311 e. The molecular formula is C24H36N2O3. The fraction of sp³-hybridized carbons (Fsp3) is 0.667. The van der Waals surface area contributed by atoms with Gasteiger partial charge in [0.2, 0.25) is 5.91 Å². The molecule has 1 saturated heterocycles. The highest BCUT2D eigenvalue weighted by Gasteiger charge is 2.50. The van der Waals surface area contributed by atoms with Crippen LogP contribution in [0.2, 0.25) is 0 Å². The van der Waals surface area contributed by atoms with E-state index < -0.39 is 5.41 Å². The topological polar surface area (TPSA) is 49.9 Å². The van der Waals surface area contributed by atoms with E-state index in [1.165, 1.54) is 12.7 Å². The highest BCUT2D eigenvalue weighted by molar-refractivity contribution is 5.80. The number of hydrogen-bond donors (Lipinski definition) is 0. The van der Waals surface area contributed by atoms with Crippen molar-refractivity contribution in [1.82, 2.24) is 9.80 Å². The largest absolute Gasteiger partial charge is 0.469 e. The van der Waals surface area contributed by atoms with Crippen molar-refractivity contribution in [2.75, 3.05) is 34.3 Å². The SMILES string of the molecule is COC(=O)C(C)(C)CCN1C[C@]2(CC[C@@](c3ccccc3)(N(C)C)CC2)CC1=O. The average molecular weight is 401 g/mol. The van der Waals surface area contributed by atoms with Crippen LogP contribution in [0.1, 0.15) is 57.9 Å². The van der Waals surface area contributed by atoms with Gasteiger partial charge in [0, 0.05) is 25.0 Å². The number of carbonyl (C=O) groups is 2. The Hall–Kier alpha value is -1.88. The number of amides is 1. The van der Waals surface area contributed by atoms with Gasteiger partial charge in [0.05, 0.1) is 12.5 Å². The number of carbonyl (C=O) groups excluding carboxylic acids is 2. The standard InChI is InChI=1S/C24H36N2O3/c1-22(2,21(28)29-5)15-16-26-18-23(17-20(26)27)11-13-24(14-12-23,25(3)4)19-9-7-6-8-10-19/h6-10H,11-18H2,1-5H3/t23-,24+. The summed E-state index contributed by atoms with van der Waals surface area (Å²) in [5.74, 6) is 0.0258. The summed E-state index contributed by atoms with van der Waals surface area (Å²) in [6, 6.07) is 10.8. The molecule has 1 spiro atoms. The minimum absolute atomic E-state index is 0.0514. The Labute approximate surface area is 175 Å². The van der Waals surface area contributed by atoms with Gasteiger partial charge in [0.1, 0.15) is 0 Å². The molecule has 0 bridgehead atoms. The van der Waals surface area contributed by atoms with Gasteiger partial charge in [0.15, 0.2) is 0 Å². The molecule has 0 unspecified atom stereocenters. The first-order valence-electron chi connectivity index (χ1n) is 10.7. The summed E-state index contributed by atoms with van der Waals surface area (Å²) in [6.45, 7) is 5.23. The molecule has 1 aromatic carbocycles. The Morgan fingerprint density at radius 1 is 1.14 bits per heavy atom. The van der Waals surface area contributed by atoms with E-state index >= 15 is 0 Å². The van der Waals surface area contributed by atoms with Crippen molar-refractivity contribution in [3.63, 3.8) is 0 Å². The van der Waals surface area contributed by atoms with E-state index in [2.05, 4.69) is 49.3 Å². The van der Waals surface area contributed by atoms with Gasteiger partial charge in [0.25, 0.3) is 0 Å². The number of likely N-dealkylation sites (tertiary alicyclic amines) is 1. The summed E-state index contributed by atoms with van der Waals surface area (Å²) in [5, 5.41) is 0. The molecule has 29 heavy (non-hydrogen) atoms. The number of methoxy groups -OCH3 is 1. The van der Waals surface area contributed by atoms with Crippen LogP contribution < -0.4 is 0 Å². The predicted octanol–water partition coefficient (Wildman–Crippen LogP) is 3.83. The van der Waals surface area contributed by atoms with Gasteiger partial charge in [-0.15, -0.1) is 0 Å². The third-order valence-corrected chi connectivity index (χ3v) is 7.45. The quantitative estimate of drug-likeness (QED) is 0.681. The average Bonchev–Trinajstić information content (AvgIpc) is 3.02. The molecule has 1 aliphatic carbocycles. The summed E-state index contributed by atoms with van der Waals surface area (Å²) in [6.07, 6.45) is 5.53. The Morgan fingerprint density at radius 3 is 2.31 bits per heavy atom. The Morgan fingerprint density at radius 2 is 1.76 bits per heavy atom. The molecule has 2 aliphatic rings. The highest BCUT2D eigenvalue weighted by Crippen LogP contribution is 2.52.